The number of hydrogen-bond acceptors (Lipinski definition) is 19. The number of aromatic nitrogens is 4. The van der Waals surface area contributed by atoms with E-state index in [1.165, 1.54) is 13.8 Å². The number of fused-ring (bicyclic) bond motifs is 1. The van der Waals surface area contributed by atoms with Gasteiger partial charge >= 0.3 is 29.4 Å². The fraction of sp³-hybridized carbons (Fsp3) is 0.718. The van der Waals surface area contributed by atoms with Gasteiger partial charge in [0, 0.05) is 43.5 Å². The summed E-state index contributed by atoms with van der Waals surface area (Å²) in [6, 6.07) is 0. The average molecular weight is 1060 g/mol. The lowest BCUT2D eigenvalue weighted by atomic mass is 9.87. The number of thioether (sulfide) groups is 1. The fourth-order valence-electron chi connectivity index (χ4n) is 6.73. The number of unbranched alkanes of at least 4 members (excludes halogenated alkanes) is 10. The predicted molar refractivity (Wildman–Crippen MR) is 249 cm³/mol. The lowest BCUT2D eigenvalue weighted by Gasteiger charge is -2.30. The number of aliphatic hydroxyl groups is 2. The number of aliphatic carboxylic acids is 1. The molecule has 3 heterocycles. The molecular formula is C39H66N7O19P3S. The van der Waals surface area contributed by atoms with E-state index in [4.69, 9.17) is 24.6 Å². The zero-order chi connectivity index (χ0) is 51.3. The number of nitrogens with zero attached hydrogens (tertiary/aromatic N) is 4. The first-order chi connectivity index (χ1) is 32.4. The van der Waals surface area contributed by atoms with Gasteiger partial charge in [-0.2, -0.15) is 4.31 Å². The number of carbonyl (C=O) groups excluding carboxylic acids is 3. The molecule has 26 nitrogen and oxygen atoms in total. The number of allylic oxidation sites excluding steroid dienone is 2. The Morgan fingerprint density at radius 3 is 2.13 bits per heavy atom. The second-order valence-corrected chi connectivity index (χ2v) is 22.2. The number of aliphatic hydroxyl groups excluding tert-OH is 2. The molecule has 3 rings (SSSR count). The summed E-state index contributed by atoms with van der Waals surface area (Å²) in [6.45, 7) is 0.502. The molecule has 2 amide bonds. The molecule has 1 aliphatic heterocycles. The minimum absolute atomic E-state index is 0.0279. The van der Waals surface area contributed by atoms with Gasteiger partial charge in [-0.25, -0.2) is 28.6 Å². The monoisotopic (exact) mass is 1060 g/mol. The highest BCUT2D eigenvalue weighted by atomic mass is 32.2. The van der Waals surface area contributed by atoms with Crippen molar-refractivity contribution in [3.05, 3.63) is 24.8 Å². The van der Waals surface area contributed by atoms with Crippen molar-refractivity contribution in [3.8, 4) is 0 Å². The first-order valence-electron chi connectivity index (χ1n) is 22.3. The highest BCUT2D eigenvalue weighted by molar-refractivity contribution is 8.13. The standard InChI is InChI=1S/C39H66N7O19P3S/c1-39(2,34(52)37(53)42-20-19-28(47)41-21-22-69-30(50)18-16-14-12-10-8-6-4-3-5-7-9-11-13-15-17-29(48)49)24-62-68(59,60)65-67(57,58)61-23-27-33(64-66(54,55)56)32(51)38(63-27)46-26-45-31-35(40)43-25-44-36(31)46/h5,7,25-27,32-34,38,51-52H,3-4,6,8-24H2,1-2H3,(H,41,47)(H,42,53)(H,48,49)(H,57,58)(H,59,60)(H2,40,43,44)(H2,54,55,56)/b7-5+. The van der Waals surface area contributed by atoms with E-state index in [9.17, 15) is 62.7 Å². The number of carboxylic acid groups (broad SMARTS) is 1. The van der Waals surface area contributed by atoms with Gasteiger partial charge < -0.3 is 56.0 Å². The average Bonchev–Trinajstić information content (AvgIpc) is 3.82. The third-order valence-electron chi connectivity index (χ3n) is 10.4. The number of nitrogens with one attached hydrogen (secondary N) is 2. The molecule has 69 heavy (non-hydrogen) atoms. The number of carboxylic acids is 1. The van der Waals surface area contributed by atoms with Crippen LogP contribution in [0.15, 0.2) is 24.8 Å². The molecule has 392 valence electrons. The van der Waals surface area contributed by atoms with E-state index in [-0.39, 0.29) is 48.0 Å². The van der Waals surface area contributed by atoms with Crippen molar-refractivity contribution in [3.63, 3.8) is 0 Å². The molecule has 0 spiro atoms. The molecule has 1 aliphatic rings. The molecule has 30 heteroatoms. The second-order valence-electron chi connectivity index (χ2n) is 16.8. The summed E-state index contributed by atoms with van der Waals surface area (Å²) in [5.41, 5.74) is 4.26. The van der Waals surface area contributed by atoms with Gasteiger partial charge in [-0.05, 0) is 38.5 Å². The summed E-state index contributed by atoms with van der Waals surface area (Å²) in [5.74, 6) is -1.83. The summed E-state index contributed by atoms with van der Waals surface area (Å²) in [7, 11) is -16.4. The molecule has 0 radical (unpaired) electrons. The maximum atomic E-state index is 12.7. The van der Waals surface area contributed by atoms with Crippen molar-refractivity contribution in [2.24, 2.45) is 5.41 Å². The molecule has 2 aromatic heterocycles. The minimum Gasteiger partial charge on any atom is -0.481 e. The van der Waals surface area contributed by atoms with Crippen molar-refractivity contribution in [1.82, 2.24) is 30.2 Å². The fourth-order valence-corrected chi connectivity index (χ4v) is 10.3. The van der Waals surface area contributed by atoms with Crippen LogP contribution in [0.3, 0.4) is 0 Å². The van der Waals surface area contributed by atoms with Crippen LogP contribution in [0.1, 0.15) is 116 Å². The summed E-state index contributed by atoms with van der Waals surface area (Å²) in [4.78, 5) is 98.9. The van der Waals surface area contributed by atoms with E-state index < -0.39 is 90.5 Å². The minimum atomic E-state index is -5.58. The Balaban J connectivity index is 1.28. The van der Waals surface area contributed by atoms with Gasteiger partial charge in [0.15, 0.2) is 22.8 Å². The van der Waals surface area contributed by atoms with Crippen LogP contribution >= 0.6 is 35.2 Å². The number of nitrogen functional groups attached to an aromatic ring is 1. The summed E-state index contributed by atoms with van der Waals surface area (Å²) >= 11 is 1.13. The summed E-state index contributed by atoms with van der Waals surface area (Å²) < 4.78 is 62.4. The van der Waals surface area contributed by atoms with E-state index in [0.717, 1.165) is 106 Å². The Morgan fingerprint density at radius 2 is 1.48 bits per heavy atom. The number of imidazole rings is 1. The molecule has 1 saturated heterocycles. The lowest BCUT2D eigenvalue weighted by molar-refractivity contribution is -0.137. The predicted octanol–water partition coefficient (Wildman–Crippen LogP) is 3.77. The number of phosphoric acid groups is 3. The van der Waals surface area contributed by atoms with Gasteiger partial charge in [-0.15, -0.1) is 0 Å². The second kappa shape index (κ2) is 29.3. The Hall–Kier alpha value is -3.23. The van der Waals surface area contributed by atoms with Crippen LogP contribution in [0.4, 0.5) is 5.82 Å². The van der Waals surface area contributed by atoms with Gasteiger partial charge in [0.05, 0.1) is 19.5 Å². The van der Waals surface area contributed by atoms with E-state index in [1.54, 1.807) is 0 Å². The quantitative estimate of drug-likeness (QED) is 0.0267. The van der Waals surface area contributed by atoms with Crippen LogP contribution in [0.2, 0.25) is 0 Å². The maximum absolute atomic E-state index is 12.7. The van der Waals surface area contributed by atoms with Crippen LogP contribution < -0.4 is 16.4 Å². The third kappa shape index (κ3) is 22.8. The molecular weight excluding hydrogens is 995 g/mol. The van der Waals surface area contributed by atoms with Crippen molar-refractivity contribution in [2.45, 2.75) is 141 Å². The smallest absolute Gasteiger partial charge is 0.481 e. The molecule has 0 saturated carbocycles. The SMILES string of the molecule is CC(C)(COP(=O)(O)OP(=O)(O)OCC1OC(n2cnc3c(N)ncnc32)C(O)C1OP(=O)(O)O)C(O)C(=O)NCCC(=O)NCCSC(=O)CCCCCCCCC/C=C/CCCCCC(=O)O. The zero-order valence-electron chi connectivity index (χ0n) is 38.5. The van der Waals surface area contributed by atoms with E-state index in [1.807, 2.05) is 0 Å². The largest absolute Gasteiger partial charge is 0.481 e. The first-order valence-corrected chi connectivity index (χ1v) is 27.8. The normalized spacial score (nSPS) is 19.9. The van der Waals surface area contributed by atoms with Gasteiger partial charge in [0.1, 0.15) is 36.3 Å². The highest BCUT2D eigenvalue weighted by Crippen LogP contribution is 2.61. The zero-order valence-corrected chi connectivity index (χ0v) is 42.0. The molecule has 1 fully saturated rings. The highest BCUT2D eigenvalue weighted by Gasteiger charge is 2.50. The van der Waals surface area contributed by atoms with Gasteiger partial charge in [-0.1, -0.05) is 76.3 Å². The number of rotatable bonds is 35. The summed E-state index contributed by atoms with van der Waals surface area (Å²) in [6.07, 6.45) is 10.2. The van der Waals surface area contributed by atoms with Gasteiger partial charge in [0.2, 0.25) is 11.8 Å². The Labute approximate surface area is 403 Å². The molecule has 0 bridgehead atoms. The number of amides is 2. The Morgan fingerprint density at radius 1 is 0.870 bits per heavy atom. The number of nitrogens with two attached hydrogens (primary N) is 1. The molecule has 7 atom stereocenters. The van der Waals surface area contributed by atoms with Crippen LogP contribution in [0.25, 0.3) is 11.2 Å². The van der Waals surface area contributed by atoms with Gasteiger partial charge in [0.25, 0.3) is 0 Å². The maximum Gasteiger partial charge on any atom is 0.481 e. The number of anilines is 1. The number of carbonyl (C=O) groups is 4. The number of hydrogen-bond donors (Lipinski definition) is 10. The molecule has 7 unspecified atom stereocenters. The van der Waals surface area contributed by atoms with Crippen molar-refractivity contribution in [2.75, 3.05) is 37.8 Å². The Bertz CT molecular complexity index is 2150. The van der Waals surface area contributed by atoms with Crippen molar-refractivity contribution < 1.29 is 90.4 Å². The van der Waals surface area contributed by atoms with Gasteiger partial charge in [-0.3, -0.25) is 37.3 Å². The van der Waals surface area contributed by atoms with E-state index in [0.29, 0.717) is 12.2 Å². The summed E-state index contributed by atoms with van der Waals surface area (Å²) in [5, 5.41) is 35.3. The molecule has 2 aromatic rings. The van der Waals surface area contributed by atoms with E-state index in [2.05, 4.69) is 46.6 Å². The van der Waals surface area contributed by atoms with Crippen molar-refractivity contribution >= 4 is 75.1 Å². The molecule has 11 N–H and O–H groups in total. The van der Waals surface area contributed by atoms with Crippen LogP contribution in [0.5, 0.6) is 0 Å². The lowest BCUT2D eigenvalue weighted by Crippen LogP contribution is -2.46. The molecule has 0 aliphatic carbocycles. The Kier molecular flexibility index (Phi) is 25.5. The number of phosphoric ester groups is 3. The topological polar surface area (TPSA) is 401 Å². The first kappa shape index (κ1) is 60.1. The van der Waals surface area contributed by atoms with E-state index >= 15 is 0 Å². The van der Waals surface area contributed by atoms with Crippen LogP contribution in [-0.4, -0.2) is 134 Å². The number of ether oxygens (including phenoxy) is 1. The van der Waals surface area contributed by atoms with Crippen molar-refractivity contribution in [1.29, 1.82) is 0 Å². The van der Waals surface area contributed by atoms with Crippen LogP contribution in [-0.2, 0) is 55.5 Å². The molecule has 0 aromatic carbocycles. The van der Waals surface area contributed by atoms with Crippen LogP contribution in [0, 0.1) is 5.41 Å². The third-order valence-corrected chi connectivity index (χ3v) is 14.5.